The Kier molecular flexibility index (Phi) is 7.39. The third-order valence-corrected chi connectivity index (χ3v) is 3.76. The third kappa shape index (κ3) is 4.12. The van der Waals surface area contributed by atoms with E-state index in [1.165, 1.54) is 0 Å². The van der Waals surface area contributed by atoms with Crippen molar-refractivity contribution in [1.82, 2.24) is 10.2 Å². The maximum atomic E-state index is 11.9. The van der Waals surface area contributed by atoms with E-state index in [0.29, 0.717) is 6.54 Å². The molecule has 0 spiro atoms. The minimum atomic E-state index is 0.142. The molecule has 96 valence electrons. The van der Waals surface area contributed by atoms with E-state index >= 15 is 0 Å². The van der Waals surface area contributed by atoms with Crippen molar-refractivity contribution in [3.63, 3.8) is 0 Å². The molecule has 0 radical (unpaired) electrons. The molecule has 1 amide bonds. The van der Waals surface area contributed by atoms with Gasteiger partial charge < -0.3 is 10.2 Å². The average Bonchev–Trinajstić information content (AvgIpc) is 2.33. The van der Waals surface area contributed by atoms with E-state index in [4.69, 9.17) is 0 Å². The summed E-state index contributed by atoms with van der Waals surface area (Å²) >= 11 is 0. The summed E-state index contributed by atoms with van der Waals surface area (Å²) in [4.78, 5) is 13.7. The minimum Gasteiger partial charge on any atom is -0.342 e. The Hall–Kier alpha value is -0.570. The fraction of sp³-hybridized carbons (Fsp3) is 0.923. The van der Waals surface area contributed by atoms with Crippen molar-refractivity contribution >= 4 is 5.91 Å². The molecule has 0 atom stereocenters. The predicted octanol–water partition coefficient (Wildman–Crippen LogP) is 2.41. The molecule has 3 heteroatoms. The fourth-order valence-corrected chi connectivity index (χ4v) is 2.08. The first-order chi connectivity index (χ1) is 7.59. The maximum Gasteiger partial charge on any atom is 0.236 e. The lowest BCUT2D eigenvalue weighted by Crippen LogP contribution is -2.49. The van der Waals surface area contributed by atoms with Crippen LogP contribution in [-0.4, -0.2) is 36.0 Å². The second-order valence-electron chi connectivity index (χ2n) is 4.26. The summed E-state index contributed by atoms with van der Waals surface area (Å²) < 4.78 is 0. The number of hydrogen-bond acceptors (Lipinski definition) is 2. The van der Waals surface area contributed by atoms with Crippen LogP contribution in [0.2, 0.25) is 0 Å². The van der Waals surface area contributed by atoms with Gasteiger partial charge in [-0.25, -0.2) is 0 Å². The lowest BCUT2D eigenvalue weighted by molar-refractivity contribution is -0.130. The van der Waals surface area contributed by atoms with Crippen LogP contribution in [-0.2, 0) is 4.79 Å². The van der Waals surface area contributed by atoms with Gasteiger partial charge in [-0.2, -0.15) is 0 Å². The molecule has 16 heavy (non-hydrogen) atoms. The predicted molar refractivity (Wildman–Crippen MR) is 69.5 cm³/mol. The molecule has 0 unspecified atom stereocenters. The molecule has 0 saturated heterocycles. The lowest BCUT2D eigenvalue weighted by atomic mass is 9.90. The van der Waals surface area contributed by atoms with Gasteiger partial charge in [0.1, 0.15) is 0 Å². The highest BCUT2D eigenvalue weighted by Crippen LogP contribution is 2.18. The van der Waals surface area contributed by atoms with Gasteiger partial charge in [0, 0.05) is 18.6 Å². The van der Waals surface area contributed by atoms with Gasteiger partial charge in [-0.05, 0) is 33.1 Å². The molecular weight excluding hydrogens is 200 g/mol. The Morgan fingerprint density at radius 2 is 1.44 bits per heavy atom. The number of likely N-dealkylation sites (N-methyl/N-ethyl adjacent to an activating group) is 1. The Morgan fingerprint density at radius 3 is 1.75 bits per heavy atom. The SMILES string of the molecule is CCN(CC)C(=O)CNC(CC)(CC)CC. The zero-order valence-electron chi connectivity index (χ0n) is 11.6. The molecule has 0 aliphatic heterocycles. The van der Waals surface area contributed by atoms with Crippen molar-refractivity contribution in [3.05, 3.63) is 0 Å². The number of nitrogens with one attached hydrogen (secondary N) is 1. The van der Waals surface area contributed by atoms with Crippen LogP contribution in [0.25, 0.3) is 0 Å². The molecule has 0 saturated carbocycles. The molecule has 0 bridgehead atoms. The summed E-state index contributed by atoms with van der Waals surface area (Å²) in [5.74, 6) is 0.213. The van der Waals surface area contributed by atoms with E-state index in [1.807, 2.05) is 18.7 Å². The first-order valence-corrected chi connectivity index (χ1v) is 6.61. The second-order valence-corrected chi connectivity index (χ2v) is 4.26. The zero-order valence-corrected chi connectivity index (χ0v) is 11.6. The molecule has 0 aliphatic carbocycles. The highest BCUT2D eigenvalue weighted by molar-refractivity contribution is 5.78. The molecule has 0 aromatic heterocycles. The minimum absolute atomic E-state index is 0.142. The zero-order chi connectivity index (χ0) is 12.6. The van der Waals surface area contributed by atoms with Crippen molar-refractivity contribution in [2.45, 2.75) is 59.4 Å². The molecular formula is C13H28N2O. The number of rotatable bonds is 8. The summed E-state index contributed by atoms with van der Waals surface area (Å²) in [5.41, 5.74) is 0.142. The van der Waals surface area contributed by atoms with Crippen molar-refractivity contribution < 1.29 is 4.79 Å². The Balaban J connectivity index is 4.25. The van der Waals surface area contributed by atoms with E-state index < -0.39 is 0 Å². The monoisotopic (exact) mass is 228 g/mol. The first kappa shape index (κ1) is 15.4. The molecule has 0 aromatic carbocycles. The van der Waals surface area contributed by atoms with E-state index in [-0.39, 0.29) is 11.4 Å². The Morgan fingerprint density at radius 1 is 1.00 bits per heavy atom. The lowest BCUT2D eigenvalue weighted by Gasteiger charge is -2.32. The normalized spacial score (nSPS) is 11.6. The number of hydrogen-bond donors (Lipinski definition) is 1. The van der Waals surface area contributed by atoms with Crippen LogP contribution >= 0.6 is 0 Å². The molecule has 0 rings (SSSR count). The van der Waals surface area contributed by atoms with Gasteiger partial charge >= 0.3 is 0 Å². The van der Waals surface area contributed by atoms with Gasteiger partial charge in [0.05, 0.1) is 6.54 Å². The number of carbonyl (C=O) groups is 1. The number of amides is 1. The summed E-state index contributed by atoms with van der Waals surface area (Å²) in [6.07, 6.45) is 3.22. The van der Waals surface area contributed by atoms with Crippen LogP contribution in [0.1, 0.15) is 53.9 Å². The van der Waals surface area contributed by atoms with Gasteiger partial charge in [0.2, 0.25) is 5.91 Å². The number of nitrogens with zero attached hydrogens (tertiary/aromatic N) is 1. The molecule has 0 heterocycles. The van der Waals surface area contributed by atoms with Crippen LogP contribution in [0, 0.1) is 0 Å². The van der Waals surface area contributed by atoms with Crippen LogP contribution < -0.4 is 5.32 Å². The van der Waals surface area contributed by atoms with Crippen LogP contribution in [0.3, 0.4) is 0 Å². The van der Waals surface area contributed by atoms with Gasteiger partial charge in [0.25, 0.3) is 0 Å². The van der Waals surface area contributed by atoms with Gasteiger partial charge in [0.15, 0.2) is 0 Å². The maximum absolute atomic E-state index is 11.9. The van der Waals surface area contributed by atoms with Gasteiger partial charge in [-0.15, -0.1) is 0 Å². The van der Waals surface area contributed by atoms with Crippen LogP contribution in [0.5, 0.6) is 0 Å². The summed E-state index contributed by atoms with van der Waals surface area (Å²) in [7, 11) is 0. The van der Waals surface area contributed by atoms with Gasteiger partial charge in [-0.3, -0.25) is 4.79 Å². The van der Waals surface area contributed by atoms with Gasteiger partial charge in [-0.1, -0.05) is 20.8 Å². The molecule has 1 N–H and O–H groups in total. The first-order valence-electron chi connectivity index (χ1n) is 6.61. The van der Waals surface area contributed by atoms with Crippen molar-refractivity contribution in [2.24, 2.45) is 0 Å². The number of carbonyl (C=O) groups excluding carboxylic acids is 1. The smallest absolute Gasteiger partial charge is 0.236 e. The Bertz CT molecular complexity index is 188. The topological polar surface area (TPSA) is 32.3 Å². The Labute approximate surface area is 101 Å². The van der Waals surface area contributed by atoms with E-state index in [2.05, 4.69) is 26.1 Å². The molecule has 0 aromatic rings. The third-order valence-electron chi connectivity index (χ3n) is 3.76. The highest BCUT2D eigenvalue weighted by Gasteiger charge is 2.24. The summed E-state index contributed by atoms with van der Waals surface area (Å²) in [6, 6.07) is 0. The summed E-state index contributed by atoms with van der Waals surface area (Å²) in [5, 5.41) is 3.44. The van der Waals surface area contributed by atoms with E-state index in [9.17, 15) is 4.79 Å². The van der Waals surface area contributed by atoms with E-state index in [1.54, 1.807) is 0 Å². The van der Waals surface area contributed by atoms with Crippen LogP contribution in [0.15, 0.2) is 0 Å². The van der Waals surface area contributed by atoms with Crippen molar-refractivity contribution in [1.29, 1.82) is 0 Å². The van der Waals surface area contributed by atoms with E-state index in [0.717, 1.165) is 32.4 Å². The van der Waals surface area contributed by atoms with Crippen molar-refractivity contribution in [2.75, 3.05) is 19.6 Å². The highest BCUT2D eigenvalue weighted by atomic mass is 16.2. The summed E-state index contributed by atoms with van der Waals surface area (Å²) in [6.45, 7) is 12.7. The average molecular weight is 228 g/mol. The fourth-order valence-electron chi connectivity index (χ4n) is 2.08. The standard InChI is InChI=1S/C13H28N2O/c1-6-13(7-2,8-3)14-11-12(16)15(9-4)10-5/h14H,6-11H2,1-5H3. The quantitative estimate of drug-likeness (QED) is 0.692. The second kappa shape index (κ2) is 7.66. The van der Waals surface area contributed by atoms with Crippen molar-refractivity contribution in [3.8, 4) is 0 Å². The van der Waals surface area contributed by atoms with Crippen LogP contribution in [0.4, 0.5) is 0 Å². The molecule has 3 nitrogen and oxygen atoms in total. The molecule has 0 fully saturated rings. The molecule has 0 aliphatic rings. The largest absolute Gasteiger partial charge is 0.342 e.